The molecule has 4 nitrogen and oxygen atoms in total. The standard InChI is InChI=1S/C17H33N3O/c1-4-19-17(16(18)21)10-6-9-15(12-17)20(3)14-8-5-7-13(2)11-14/h13-15,19H,4-12H2,1-3H3,(H2,18,21). The molecule has 1 amide bonds. The summed E-state index contributed by atoms with van der Waals surface area (Å²) in [5.41, 5.74) is 5.25. The lowest BCUT2D eigenvalue weighted by atomic mass is 9.76. The Morgan fingerprint density at radius 1 is 1.29 bits per heavy atom. The van der Waals surface area contributed by atoms with Gasteiger partial charge in [-0.15, -0.1) is 0 Å². The summed E-state index contributed by atoms with van der Waals surface area (Å²) in [4.78, 5) is 14.6. The van der Waals surface area contributed by atoms with Crippen LogP contribution in [0.2, 0.25) is 0 Å². The van der Waals surface area contributed by atoms with Crippen LogP contribution in [0.5, 0.6) is 0 Å². The van der Waals surface area contributed by atoms with Crippen LogP contribution >= 0.6 is 0 Å². The number of rotatable bonds is 5. The maximum Gasteiger partial charge on any atom is 0.237 e. The van der Waals surface area contributed by atoms with Gasteiger partial charge in [-0.1, -0.05) is 26.7 Å². The lowest BCUT2D eigenvalue weighted by Crippen LogP contribution is -2.61. The van der Waals surface area contributed by atoms with E-state index in [2.05, 4.69) is 31.1 Å². The molecule has 21 heavy (non-hydrogen) atoms. The van der Waals surface area contributed by atoms with Gasteiger partial charge in [-0.2, -0.15) is 0 Å². The summed E-state index contributed by atoms with van der Waals surface area (Å²) in [5, 5.41) is 3.39. The van der Waals surface area contributed by atoms with Crippen molar-refractivity contribution in [1.82, 2.24) is 10.2 Å². The molecule has 2 aliphatic rings. The van der Waals surface area contributed by atoms with E-state index in [9.17, 15) is 4.79 Å². The maximum absolute atomic E-state index is 12.0. The third-order valence-electron chi connectivity index (χ3n) is 5.77. The molecule has 4 unspecified atom stereocenters. The van der Waals surface area contributed by atoms with Crippen molar-refractivity contribution in [2.45, 2.75) is 82.8 Å². The van der Waals surface area contributed by atoms with Gasteiger partial charge < -0.3 is 16.0 Å². The number of carbonyl (C=O) groups excluding carboxylic acids is 1. The normalized spacial score (nSPS) is 37.6. The minimum absolute atomic E-state index is 0.167. The molecule has 3 N–H and O–H groups in total. The van der Waals surface area contributed by atoms with Gasteiger partial charge in [-0.25, -0.2) is 0 Å². The number of carbonyl (C=O) groups is 1. The molecule has 4 heteroatoms. The molecule has 0 spiro atoms. The second kappa shape index (κ2) is 7.10. The molecule has 0 aromatic heterocycles. The Bertz CT molecular complexity index is 356. The van der Waals surface area contributed by atoms with Gasteiger partial charge in [0.15, 0.2) is 0 Å². The first-order valence-corrected chi connectivity index (χ1v) is 8.75. The van der Waals surface area contributed by atoms with Gasteiger partial charge in [0.2, 0.25) is 5.91 Å². The van der Waals surface area contributed by atoms with E-state index in [0.717, 1.165) is 31.7 Å². The van der Waals surface area contributed by atoms with Crippen molar-refractivity contribution in [3.05, 3.63) is 0 Å². The third kappa shape index (κ3) is 3.78. The zero-order valence-corrected chi connectivity index (χ0v) is 14.0. The summed E-state index contributed by atoms with van der Waals surface area (Å²) < 4.78 is 0. The lowest BCUT2D eigenvalue weighted by molar-refractivity contribution is -0.126. The smallest absolute Gasteiger partial charge is 0.237 e. The second-order valence-electron chi connectivity index (χ2n) is 7.32. The largest absolute Gasteiger partial charge is 0.368 e. The van der Waals surface area contributed by atoms with Crippen molar-refractivity contribution in [1.29, 1.82) is 0 Å². The molecule has 2 aliphatic carbocycles. The quantitative estimate of drug-likeness (QED) is 0.818. The Labute approximate surface area is 129 Å². The molecule has 2 rings (SSSR count). The molecule has 4 atom stereocenters. The van der Waals surface area contributed by atoms with Gasteiger partial charge in [-0.3, -0.25) is 4.79 Å². The summed E-state index contributed by atoms with van der Waals surface area (Å²) in [5.74, 6) is 0.670. The van der Waals surface area contributed by atoms with Crippen LogP contribution in [-0.2, 0) is 4.79 Å². The van der Waals surface area contributed by atoms with Crippen LogP contribution in [0.3, 0.4) is 0 Å². The van der Waals surface area contributed by atoms with Gasteiger partial charge in [0.1, 0.15) is 0 Å². The number of nitrogens with zero attached hydrogens (tertiary/aromatic N) is 1. The number of hydrogen-bond donors (Lipinski definition) is 2. The minimum atomic E-state index is -0.480. The fourth-order valence-corrected chi connectivity index (χ4v) is 4.47. The van der Waals surface area contributed by atoms with E-state index in [-0.39, 0.29) is 5.91 Å². The first-order valence-electron chi connectivity index (χ1n) is 8.75. The average molecular weight is 295 g/mol. The van der Waals surface area contributed by atoms with Crippen molar-refractivity contribution >= 4 is 5.91 Å². The predicted octanol–water partition coefficient (Wildman–Crippen LogP) is 2.27. The second-order valence-corrected chi connectivity index (χ2v) is 7.32. The number of amides is 1. The molecule has 122 valence electrons. The van der Waals surface area contributed by atoms with Crippen LogP contribution in [0, 0.1) is 5.92 Å². The summed E-state index contributed by atoms with van der Waals surface area (Å²) in [6.07, 6.45) is 9.38. The van der Waals surface area contributed by atoms with Gasteiger partial charge in [0.25, 0.3) is 0 Å². The molecule has 0 saturated heterocycles. The van der Waals surface area contributed by atoms with Crippen LogP contribution in [0.25, 0.3) is 0 Å². The number of nitrogens with one attached hydrogen (secondary N) is 1. The molecule has 0 bridgehead atoms. The molecule has 0 radical (unpaired) electrons. The Morgan fingerprint density at radius 3 is 2.62 bits per heavy atom. The minimum Gasteiger partial charge on any atom is -0.368 e. The van der Waals surface area contributed by atoms with Crippen LogP contribution in [0.15, 0.2) is 0 Å². The number of hydrogen-bond acceptors (Lipinski definition) is 3. The highest BCUT2D eigenvalue weighted by Gasteiger charge is 2.42. The highest BCUT2D eigenvalue weighted by atomic mass is 16.1. The monoisotopic (exact) mass is 295 g/mol. The first kappa shape index (κ1) is 16.8. The highest BCUT2D eigenvalue weighted by Crippen LogP contribution is 2.35. The van der Waals surface area contributed by atoms with Crippen LogP contribution < -0.4 is 11.1 Å². The fraction of sp³-hybridized carbons (Fsp3) is 0.941. The Morgan fingerprint density at radius 2 is 2.00 bits per heavy atom. The van der Waals surface area contributed by atoms with Gasteiger partial charge in [0.05, 0.1) is 5.54 Å². The van der Waals surface area contributed by atoms with E-state index in [4.69, 9.17) is 5.73 Å². The van der Waals surface area contributed by atoms with Gasteiger partial charge in [-0.05, 0) is 58.0 Å². The summed E-state index contributed by atoms with van der Waals surface area (Å²) in [6, 6.07) is 1.17. The topological polar surface area (TPSA) is 58.4 Å². The zero-order chi connectivity index (χ0) is 15.5. The third-order valence-corrected chi connectivity index (χ3v) is 5.77. The summed E-state index contributed by atoms with van der Waals surface area (Å²) >= 11 is 0. The zero-order valence-electron chi connectivity index (χ0n) is 14.0. The highest BCUT2D eigenvalue weighted by molar-refractivity contribution is 5.84. The SMILES string of the molecule is CCNC1(C(N)=O)CCCC(N(C)C2CCCC(C)C2)C1. The van der Waals surface area contributed by atoms with E-state index < -0.39 is 5.54 Å². The maximum atomic E-state index is 12.0. The van der Waals surface area contributed by atoms with E-state index >= 15 is 0 Å². The van der Waals surface area contributed by atoms with E-state index in [1.165, 1.54) is 32.1 Å². The summed E-state index contributed by atoms with van der Waals surface area (Å²) in [6.45, 7) is 5.23. The predicted molar refractivity (Wildman–Crippen MR) is 87.0 cm³/mol. The first-order chi connectivity index (χ1) is 9.98. The van der Waals surface area contributed by atoms with Gasteiger partial charge in [0, 0.05) is 12.1 Å². The molecule has 0 aromatic rings. The molecular weight excluding hydrogens is 262 g/mol. The Balaban J connectivity index is 2.03. The van der Waals surface area contributed by atoms with Crippen LogP contribution in [0.4, 0.5) is 0 Å². The van der Waals surface area contributed by atoms with E-state index in [1.54, 1.807) is 0 Å². The Kier molecular flexibility index (Phi) is 5.67. The number of likely N-dealkylation sites (N-methyl/N-ethyl adjacent to an activating group) is 1. The average Bonchev–Trinajstić information content (AvgIpc) is 2.47. The molecule has 2 saturated carbocycles. The van der Waals surface area contributed by atoms with Crippen LogP contribution in [-0.4, -0.2) is 42.0 Å². The van der Waals surface area contributed by atoms with Crippen molar-refractivity contribution in [3.63, 3.8) is 0 Å². The van der Waals surface area contributed by atoms with Crippen molar-refractivity contribution in [3.8, 4) is 0 Å². The number of primary amides is 1. The molecule has 0 aliphatic heterocycles. The van der Waals surface area contributed by atoms with Crippen molar-refractivity contribution in [2.24, 2.45) is 11.7 Å². The number of nitrogens with two attached hydrogens (primary N) is 1. The molecule has 0 aromatic carbocycles. The fourth-order valence-electron chi connectivity index (χ4n) is 4.47. The molecular formula is C17H33N3O. The van der Waals surface area contributed by atoms with Gasteiger partial charge >= 0.3 is 0 Å². The van der Waals surface area contributed by atoms with Crippen molar-refractivity contribution < 1.29 is 4.79 Å². The van der Waals surface area contributed by atoms with E-state index in [0.29, 0.717) is 12.1 Å². The molecule has 2 fully saturated rings. The van der Waals surface area contributed by atoms with Crippen LogP contribution in [0.1, 0.15) is 65.2 Å². The lowest BCUT2D eigenvalue weighted by Gasteiger charge is -2.46. The molecule has 0 heterocycles. The van der Waals surface area contributed by atoms with Crippen molar-refractivity contribution in [2.75, 3.05) is 13.6 Å². The Hall–Kier alpha value is -0.610. The van der Waals surface area contributed by atoms with E-state index in [1.807, 2.05) is 0 Å². The summed E-state index contributed by atoms with van der Waals surface area (Å²) in [7, 11) is 2.26.